The van der Waals surface area contributed by atoms with Crippen LogP contribution in [-0.2, 0) is 0 Å². The lowest BCUT2D eigenvalue weighted by Crippen LogP contribution is -2.40. The molecule has 2 amide bonds. The lowest BCUT2D eigenvalue weighted by atomic mass is 9.89. The number of carbonyl (C=O) groups is 1. The Morgan fingerprint density at radius 2 is 1.96 bits per heavy atom. The van der Waals surface area contributed by atoms with Crippen LogP contribution in [0.3, 0.4) is 0 Å². The normalized spacial score (nSPS) is 14.9. The van der Waals surface area contributed by atoms with E-state index in [0.717, 1.165) is 12.8 Å². The van der Waals surface area contributed by atoms with Crippen molar-refractivity contribution in [3.05, 3.63) is 53.5 Å². The molecule has 0 atom stereocenters. The second kappa shape index (κ2) is 7.09. The van der Waals surface area contributed by atoms with Crippen molar-refractivity contribution in [3.63, 3.8) is 0 Å². The van der Waals surface area contributed by atoms with E-state index in [0.29, 0.717) is 36.2 Å². The van der Waals surface area contributed by atoms with Crippen molar-refractivity contribution in [1.29, 1.82) is 5.26 Å². The number of carbonyl (C=O) groups excluding carboxylic acids is 1. The van der Waals surface area contributed by atoms with E-state index >= 15 is 0 Å². The first-order chi connectivity index (χ1) is 11.7. The number of urea groups is 1. The fourth-order valence-electron chi connectivity index (χ4n) is 2.96. The Kier molecular flexibility index (Phi) is 4.71. The van der Waals surface area contributed by atoms with Gasteiger partial charge in [0.2, 0.25) is 0 Å². The topological polar surface area (TPSA) is 81.9 Å². The molecule has 1 aromatic carbocycles. The van der Waals surface area contributed by atoms with Gasteiger partial charge >= 0.3 is 6.03 Å². The Morgan fingerprint density at radius 1 is 1.25 bits per heavy atom. The zero-order valence-corrected chi connectivity index (χ0v) is 13.6. The molecular formula is C18H19N5O. The lowest BCUT2D eigenvalue weighted by molar-refractivity contribution is 0.194. The van der Waals surface area contributed by atoms with Crippen molar-refractivity contribution in [2.24, 2.45) is 0 Å². The van der Waals surface area contributed by atoms with Crippen molar-refractivity contribution < 1.29 is 4.79 Å². The highest BCUT2D eigenvalue weighted by Gasteiger charge is 2.24. The molecule has 122 valence electrons. The van der Waals surface area contributed by atoms with Gasteiger partial charge in [-0.15, -0.1) is 0 Å². The molecule has 1 aliphatic heterocycles. The van der Waals surface area contributed by atoms with Crippen molar-refractivity contribution in [1.82, 2.24) is 14.9 Å². The van der Waals surface area contributed by atoms with Crippen LogP contribution in [0.25, 0.3) is 0 Å². The van der Waals surface area contributed by atoms with Crippen LogP contribution < -0.4 is 5.32 Å². The van der Waals surface area contributed by atoms with Gasteiger partial charge in [0.25, 0.3) is 0 Å². The maximum atomic E-state index is 12.3. The van der Waals surface area contributed by atoms with Crippen molar-refractivity contribution in [2.45, 2.75) is 25.7 Å². The first-order valence-corrected chi connectivity index (χ1v) is 8.01. The smallest absolute Gasteiger partial charge is 0.323 e. The number of benzene rings is 1. The Labute approximate surface area is 141 Å². The van der Waals surface area contributed by atoms with Crippen LogP contribution in [0.4, 0.5) is 10.6 Å². The van der Waals surface area contributed by atoms with E-state index in [1.807, 2.05) is 29.2 Å². The maximum Gasteiger partial charge on any atom is 0.323 e. The molecule has 0 bridgehead atoms. The van der Waals surface area contributed by atoms with Gasteiger partial charge in [0.15, 0.2) is 0 Å². The summed E-state index contributed by atoms with van der Waals surface area (Å²) in [6.07, 6.45) is 3.47. The minimum atomic E-state index is -0.119. The van der Waals surface area contributed by atoms with E-state index in [1.54, 1.807) is 19.2 Å². The van der Waals surface area contributed by atoms with Gasteiger partial charge in [-0.1, -0.05) is 12.1 Å². The van der Waals surface area contributed by atoms with Crippen molar-refractivity contribution in [3.8, 4) is 6.07 Å². The molecule has 3 rings (SSSR count). The molecule has 0 aliphatic carbocycles. The third kappa shape index (κ3) is 3.69. The SMILES string of the molecule is Cc1nccc(NC(=O)N2CCC(c3ccc(C#N)cc3)CC2)n1. The highest BCUT2D eigenvalue weighted by molar-refractivity contribution is 5.88. The number of aromatic nitrogens is 2. The van der Waals surface area contributed by atoms with E-state index in [9.17, 15) is 4.79 Å². The second-order valence-electron chi connectivity index (χ2n) is 5.91. The van der Waals surface area contributed by atoms with Crippen LogP contribution in [0.5, 0.6) is 0 Å². The van der Waals surface area contributed by atoms with Crippen LogP contribution in [0, 0.1) is 18.3 Å². The Hall–Kier alpha value is -2.94. The molecule has 1 fully saturated rings. The molecule has 1 saturated heterocycles. The minimum Gasteiger partial charge on any atom is -0.324 e. The summed E-state index contributed by atoms with van der Waals surface area (Å²) in [6.45, 7) is 3.21. The number of hydrogen-bond donors (Lipinski definition) is 1. The Morgan fingerprint density at radius 3 is 2.58 bits per heavy atom. The summed E-state index contributed by atoms with van der Waals surface area (Å²) in [6, 6.07) is 11.4. The molecule has 1 aliphatic rings. The first kappa shape index (κ1) is 15.9. The number of aryl methyl sites for hydroxylation is 1. The number of rotatable bonds is 2. The fourth-order valence-corrected chi connectivity index (χ4v) is 2.96. The molecule has 0 saturated carbocycles. The average Bonchev–Trinajstić information content (AvgIpc) is 2.62. The molecule has 0 unspecified atom stereocenters. The molecule has 6 nitrogen and oxygen atoms in total. The first-order valence-electron chi connectivity index (χ1n) is 8.01. The van der Waals surface area contributed by atoms with Crippen LogP contribution >= 0.6 is 0 Å². The standard InChI is InChI=1S/C18H19N5O/c1-13-20-9-6-17(21-13)22-18(24)23-10-7-16(8-11-23)15-4-2-14(12-19)3-5-15/h2-6,9,16H,7-8,10-11H2,1H3,(H,20,21,22,24). The highest BCUT2D eigenvalue weighted by atomic mass is 16.2. The summed E-state index contributed by atoms with van der Waals surface area (Å²) in [4.78, 5) is 22.4. The molecular weight excluding hydrogens is 302 g/mol. The van der Waals surface area contributed by atoms with Crippen molar-refractivity contribution >= 4 is 11.8 Å². The zero-order chi connectivity index (χ0) is 16.9. The molecule has 2 heterocycles. The average molecular weight is 321 g/mol. The van der Waals surface area contributed by atoms with Gasteiger partial charge in [0, 0.05) is 19.3 Å². The summed E-state index contributed by atoms with van der Waals surface area (Å²) in [5.74, 6) is 1.59. The molecule has 1 N–H and O–H groups in total. The highest BCUT2D eigenvalue weighted by Crippen LogP contribution is 2.28. The number of likely N-dealkylation sites (tertiary alicyclic amines) is 1. The number of nitrogens with zero attached hydrogens (tertiary/aromatic N) is 4. The van der Waals surface area contributed by atoms with Gasteiger partial charge in [0.05, 0.1) is 11.6 Å². The predicted octanol–water partition coefficient (Wildman–Crippen LogP) is 3.07. The predicted molar refractivity (Wildman–Crippen MR) is 90.5 cm³/mol. The van der Waals surface area contributed by atoms with Crippen LogP contribution in [0.1, 0.15) is 35.7 Å². The summed E-state index contributed by atoms with van der Waals surface area (Å²) in [7, 11) is 0. The van der Waals surface area contributed by atoms with E-state index in [1.165, 1.54) is 5.56 Å². The van der Waals surface area contributed by atoms with Gasteiger partial charge in [0.1, 0.15) is 11.6 Å². The Balaban J connectivity index is 1.56. The molecule has 0 radical (unpaired) electrons. The number of piperidine rings is 1. The summed E-state index contributed by atoms with van der Waals surface area (Å²) in [5.41, 5.74) is 1.91. The maximum absolute atomic E-state index is 12.3. The summed E-state index contributed by atoms with van der Waals surface area (Å²) in [5, 5.41) is 11.7. The van der Waals surface area contributed by atoms with Crippen LogP contribution in [-0.4, -0.2) is 34.0 Å². The van der Waals surface area contributed by atoms with Gasteiger partial charge in [-0.2, -0.15) is 5.26 Å². The molecule has 0 spiro atoms. The zero-order valence-electron chi connectivity index (χ0n) is 13.6. The number of anilines is 1. The van der Waals surface area contributed by atoms with Gasteiger partial charge in [-0.05, 0) is 49.4 Å². The van der Waals surface area contributed by atoms with Gasteiger partial charge in [-0.25, -0.2) is 14.8 Å². The lowest BCUT2D eigenvalue weighted by Gasteiger charge is -2.32. The number of nitriles is 1. The van der Waals surface area contributed by atoms with E-state index < -0.39 is 0 Å². The molecule has 2 aromatic rings. The minimum absolute atomic E-state index is 0.119. The van der Waals surface area contributed by atoms with Crippen LogP contribution in [0.2, 0.25) is 0 Å². The van der Waals surface area contributed by atoms with Crippen LogP contribution in [0.15, 0.2) is 36.5 Å². The van der Waals surface area contributed by atoms with Crippen molar-refractivity contribution in [2.75, 3.05) is 18.4 Å². The van der Waals surface area contributed by atoms with E-state index in [-0.39, 0.29) is 6.03 Å². The third-order valence-electron chi connectivity index (χ3n) is 4.30. The summed E-state index contributed by atoms with van der Waals surface area (Å²) < 4.78 is 0. The monoisotopic (exact) mass is 321 g/mol. The number of amides is 2. The number of hydrogen-bond acceptors (Lipinski definition) is 4. The van der Waals surface area contributed by atoms with Gasteiger partial charge < -0.3 is 4.90 Å². The second-order valence-corrected chi connectivity index (χ2v) is 5.91. The summed E-state index contributed by atoms with van der Waals surface area (Å²) >= 11 is 0. The van der Waals surface area contributed by atoms with E-state index in [4.69, 9.17) is 5.26 Å². The molecule has 24 heavy (non-hydrogen) atoms. The van der Waals surface area contributed by atoms with E-state index in [2.05, 4.69) is 21.4 Å². The molecule has 6 heteroatoms. The number of nitrogens with one attached hydrogen (secondary N) is 1. The van der Waals surface area contributed by atoms with Gasteiger partial charge in [-0.3, -0.25) is 5.32 Å². The third-order valence-corrected chi connectivity index (χ3v) is 4.30. The quantitative estimate of drug-likeness (QED) is 0.921. The fraction of sp³-hybridized carbons (Fsp3) is 0.333. The molecule has 1 aromatic heterocycles. The Bertz CT molecular complexity index is 758. The largest absolute Gasteiger partial charge is 0.324 e.